The van der Waals surface area contributed by atoms with E-state index in [9.17, 15) is 9.59 Å². The Morgan fingerprint density at radius 1 is 1.50 bits per heavy atom. The molecule has 92 valence electrons. The van der Waals surface area contributed by atoms with Gasteiger partial charge in [-0.05, 0) is 20.3 Å². The van der Waals surface area contributed by atoms with Gasteiger partial charge >= 0.3 is 12.0 Å². The van der Waals surface area contributed by atoms with Crippen molar-refractivity contribution >= 4 is 12.0 Å². The molecule has 0 aliphatic carbocycles. The van der Waals surface area contributed by atoms with Crippen LogP contribution >= 0.6 is 0 Å². The maximum atomic E-state index is 11.4. The third-order valence-corrected chi connectivity index (χ3v) is 2.53. The van der Waals surface area contributed by atoms with E-state index in [1.807, 2.05) is 0 Å². The van der Waals surface area contributed by atoms with Crippen LogP contribution in [0.25, 0.3) is 0 Å². The first-order valence-corrected chi connectivity index (χ1v) is 5.27. The molecular weight excluding hydrogens is 212 g/mol. The van der Waals surface area contributed by atoms with Crippen LogP contribution in [0.5, 0.6) is 0 Å². The average molecular weight is 230 g/mol. The van der Waals surface area contributed by atoms with Crippen molar-refractivity contribution < 1.29 is 19.4 Å². The molecule has 0 aromatic rings. The molecule has 6 heteroatoms. The summed E-state index contributed by atoms with van der Waals surface area (Å²) in [4.78, 5) is 22.2. The van der Waals surface area contributed by atoms with Gasteiger partial charge in [0.05, 0.1) is 18.1 Å². The Balaban J connectivity index is 2.26. The molecule has 1 saturated heterocycles. The highest BCUT2D eigenvalue weighted by Gasteiger charge is 2.28. The number of hydrogen-bond donors (Lipinski definition) is 3. The Labute approximate surface area is 94.3 Å². The van der Waals surface area contributed by atoms with Crippen LogP contribution < -0.4 is 10.6 Å². The number of rotatable bonds is 4. The number of nitrogens with one attached hydrogen (secondary N) is 2. The van der Waals surface area contributed by atoms with E-state index in [2.05, 4.69) is 10.6 Å². The lowest BCUT2D eigenvalue weighted by molar-refractivity contribution is -0.146. The maximum Gasteiger partial charge on any atom is 0.315 e. The first-order chi connectivity index (χ1) is 7.42. The summed E-state index contributed by atoms with van der Waals surface area (Å²) in [5, 5.41) is 14.1. The molecule has 1 heterocycles. The van der Waals surface area contributed by atoms with E-state index >= 15 is 0 Å². The largest absolute Gasteiger partial charge is 0.481 e. The van der Waals surface area contributed by atoms with Crippen molar-refractivity contribution in [2.45, 2.75) is 26.3 Å². The molecule has 0 bridgehead atoms. The van der Waals surface area contributed by atoms with Crippen molar-refractivity contribution in [1.82, 2.24) is 10.6 Å². The molecule has 0 radical (unpaired) electrons. The molecular formula is C10H18N2O4. The maximum absolute atomic E-state index is 11.4. The molecule has 3 N–H and O–H groups in total. The number of aliphatic carboxylic acids is 1. The van der Waals surface area contributed by atoms with E-state index < -0.39 is 11.4 Å². The van der Waals surface area contributed by atoms with Gasteiger partial charge in [-0.15, -0.1) is 0 Å². The lowest BCUT2D eigenvalue weighted by Crippen LogP contribution is -2.46. The SMILES string of the molecule is CC(C)(CNC(=O)NC1CCOC1)C(=O)O. The Morgan fingerprint density at radius 3 is 2.69 bits per heavy atom. The summed E-state index contributed by atoms with van der Waals surface area (Å²) in [6.45, 7) is 4.41. The fraction of sp³-hybridized carbons (Fsp3) is 0.800. The minimum absolute atomic E-state index is 0.0351. The molecule has 1 rings (SSSR count). The summed E-state index contributed by atoms with van der Waals surface area (Å²) in [5.41, 5.74) is -0.955. The summed E-state index contributed by atoms with van der Waals surface area (Å²) in [5.74, 6) is -0.933. The first-order valence-electron chi connectivity index (χ1n) is 5.27. The molecule has 1 aliphatic heterocycles. The van der Waals surface area contributed by atoms with Crippen LogP contribution in [-0.2, 0) is 9.53 Å². The van der Waals surface area contributed by atoms with Gasteiger partial charge in [0.15, 0.2) is 0 Å². The van der Waals surface area contributed by atoms with Crippen molar-refractivity contribution in [1.29, 1.82) is 0 Å². The topological polar surface area (TPSA) is 87.7 Å². The molecule has 0 aromatic carbocycles. The molecule has 1 fully saturated rings. The molecule has 1 aliphatic rings. The van der Waals surface area contributed by atoms with Gasteiger partial charge in [-0.2, -0.15) is 0 Å². The van der Waals surface area contributed by atoms with Crippen LogP contribution in [-0.4, -0.2) is 42.9 Å². The first kappa shape index (κ1) is 12.8. The second-order valence-electron chi connectivity index (χ2n) is 4.58. The van der Waals surface area contributed by atoms with Crippen LogP contribution in [0.1, 0.15) is 20.3 Å². The van der Waals surface area contributed by atoms with Gasteiger partial charge in [0, 0.05) is 13.2 Å². The zero-order chi connectivity index (χ0) is 12.2. The number of urea groups is 1. The van der Waals surface area contributed by atoms with Crippen LogP contribution in [0.4, 0.5) is 4.79 Å². The summed E-state index contributed by atoms with van der Waals surface area (Å²) in [6.07, 6.45) is 0.801. The minimum atomic E-state index is -0.955. The number of amides is 2. The molecule has 2 amide bonds. The number of carbonyl (C=O) groups excluding carboxylic acids is 1. The molecule has 0 saturated carbocycles. The van der Waals surface area contributed by atoms with E-state index in [4.69, 9.17) is 9.84 Å². The highest BCUT2D eigenvalue weighted by atomic mass is 16.5. The number of hydrogen-bond acceptors (Lipinski definition) is 3. The van der Waals surface area contributed by atoms with E-state index in [0.717, 1.165) is 6.42 Å². The predicted molar refractivity (Wildman–Crippen MR) is 57.2 cm³/mol. The summed E-state index contributed by atoms with van der Waals surface area (Å²) < 4.78 is 5.10. The lowest BCUT2D eigenvalue weighted by Gasteiger charge is -2.20. The third-order valence-electron chi connectivity index (χ3n) is 2.53. The standard InChI is InChI=1S/C10H18N2O4/c1-10(2,8(13)14)6-11-9(15)12-7-3-4-16-5-7/h7H,3-6H2,1-2H3,(H,13,14)(H2,11,12,15). The Kier molecular flexibility index (Phi) is 4.12. The molecule has 1 unspecified atom stereocenters. The minimum Gasteiger partial charge on any atom is -0.481 e. The summed E-state index contributed by atoms with van der Waals surface area (Å²) >= 11 is 0. The molecule has 0 aromatic heterocycles. The van der Waals surface area contributed by atoms with E-state index in [0.29, 0.717) is 13.2 Å². The van der Waals surface area contributed by atoms with Crippen LogP contribution in [0.3, 0.4) is 0 Å². The van der Waals surface area contributed by atoms with Crippen molar-refractivity contribution in [2.24, 2.45) is 5.41 Å². The highest BCUT2D eigenvalue weighted by molar-refractivity contribution is 5.77. The monoisotopic (exact) mass is 230 g/mol. The normalized spacial score (nSPS) is 20.5. The molecule has 6 nitrogen and oxygen atoms in total. The van der Waals surface area contributed by atoms with Gasteiger partial charge in [0.25, 0.3) is 0 Å². The summed E-state index contributed by atoms with van der Waals surface area (Å²) in [6, 6.07) is -0.308. The second kappa shape index (κ2) is 5.16. The zero-order valence-electron chi connectivity index (χ0n) is 9.58. The second-order valence-corrected chi connectivity index (χ2v) is 4.58. The van der Waals surface area contributed by atoms with Gasteiger partial charge in [0.2, 0.25) is 0 Å². The fourth-order valence-electron chi connectivity index (χ4n) is 1.26. The number of carbonyl (C=O) groups is 2. The third kappa shape index (κ3) is 3.69. The van der Waals surface area contributed by atoms with E-state index in [1.54, 1.807) is 13.8 Å². The quantitative estimate of drug-likeness (QED) is 0.643. The smallest absolute Gasteiger partial charge is 0.315 e. The Morgan fingerprint density at radius 2 is 2.19 bits per heavy atom. The van der Waals surface area contributed by atoms with Gasteiger partial charge < -0.3 is 20.5 Å². The molecule has 0 spiro atoms. The van der Waals surface area contributed by atoms with Gasteiger partial charge in [0.1, 0.15) is 0 Å². The van der Waals surface area contributed by atoms with Crippen molar-refractivity contribution in [3.8, 4) is 0 Å². The van der Waals surface area contributed by atoms with Crippen molar-refractivity contribution in [3.05, 3.63) is 0 Å². The highest BCUT2D eigenvalue weighted by Crippen LogP contribution is 2.12. The average Bonchev–Trinajstić information content (AvgIpc) is 2.67. The Hall–Kier alpha value is -1.30. The van der Waals surface area contributed by atoms with Crippen molar-refractivity contribution in [3.63, 3.8) is 0 Å². The zero-order valence-corrected chi connectivity index (χ0v) is 9.58. The number of ether oxygens (including phenoxy) is 1. The predicted octanol–water partition coefficient (Wildman–Crippen LogP) is 0.185. The molecule has 16 heavy (non-hydrogen) atoms. The Bertz CT molecular complexity index is 272. The van der Waals surface area contributed by atoms with Gasteiger partial charge in [-0.25, -0.2) is 4.79 Å². The number of carboxylic acids is 1. The van der Waals surface area contributed by atoms with Gasteiger partial charge in [-0.3, -0.25) is 4.79 Å². The van der Waals surface area contributed by atoms with Crippen molar-refractivity contribution in [2.75, 3.05) is 19.8 Å². The van der Waals surface area contributed by atoms with Crippen LogP contribution in [0.15, 0.2) is 0 Å². The van der Waals surface area contributed by atoms with Crippen LogP contribution in [0, 0.1) is 5.41 Å². The summed E-state index contributed by atoms with van der Waals surface area (Å²) in [7, 11) is 0. The molecule has 1 atom stereocenters. The van der Waals surface area contributed by atoms with Gasteiger partial charge in [-0.1, -0.05) is 0 Å². The van der Waals surface area contributed by atoms with E-state index in [-0.39, 0.29) is 18.6 Å². The van der Waals surface area contributed by atoms with Crippen LogP contribution in [0.2, 0.25) is 0 Å². The fourth-order valence-corrected chi connectivity index (χ4v) is 1.26. The number of carboxylic acid groups (broad SMARTS) is 1. The van der Waals surface area contributed by atoms with E-state index in [1.165, 1.54) is 0 Å². The lowest BCUT2D eigenvalue weighted by atomic mass is 9.94.